The Morgan fingerprint density at radius 2 is 2.12 bits per heavy atom. The van der Waals surface area contributed by atoms with Crippen molar-refractivity contribution < 1.29 is 19.4 Å². The zero-order valence-electron chi connectivity index (χ0n) is 15.2. The molecule has 5 nitrogen and oxygen atoms in total. The van der Waals surface area contributed by atoms with Gasteiger partial charge in [0.05, 0.1) is 18.3 Å². The average Bonchev–Trinajstić information content (AvgIpc) is 3.03. The molecule has 0 spiro atoms. The molecular weight excluding hydrogens is 306 g/mol. The summed E-state index contributed by atoms with van der Waals surface area (Å²) in [6.07, 6.45) is 1.89. The summed E-state index contributed by atoms with van der Waals surface area (Å²) in [5.74, 6) is -0.104. The van der Waals surface area contributed by atoms with E-state index in [1.54, 1.807) is 6.07 Å². The Labute approximate surface area is 144 Å². The predicted octanol–water partition coefficient (Wildman–Crippen LogP) is 3.52. The lowest BCUT2D eigenvalue weighted by molar-refractivity contribution is 0.0575. The maximum atomic E-state index is 11.4. The molecule has 1 aromatic rings. The van der Waals surface area contributed by atoms with Gasteiger partial charge in [-0.1, -0.05) is 13.0 Å². The van der Waals surface area contributed by atoms with Gasteiger partial charge in [0.15, 0.2) is 0 Å². The van der Waals surface area contributed by atoms with Crippen molar-refractivity contribution in [3.8, 4) is 5.75 Å². The smallest absolute Gasteiger partial charge is 0.336 e. The summed E-state index contributed by atoms with van der Waals surface area (Å²) in [4.78, 5) is 13.8. The summed E-state index contributed by atoms with van der Waals surface area (Å²) in [5, 5.41) is 9.35. The van der Waals surface area contributed by atoms with Gasteiger partial charge in [0, 0.05) is 36.7 Å². The van der Waals surface area contributed by atoms with E-state index >= 15 is 0 Å². The van der Waals surface area contributed by atoms with Gasteiger partial charge in [-0.3, -0.25) is 4.90 Å². The Morgan fingerprint density at radius 1 is 1.38 bits per heavy atom. The van der Waals surface area contributed by atoms with Crippen LogP contribution in [0.25, 0.3) is 0 Å². The molecule has 24 heavy (non-hydrogen) atoms. The van der Waals surface area contributed by atoms with Gasteiger partial charge in [0.2, 0.25) is 0 Å². The number of carboxylic acids is 1. The second kappa shape index (κ2) is 8.49. The lowest BCUT2D eigenvalue weighted by Crippen LogP contribution is -2.30. The summed E-state index contributed by atoms with van der Waals surface area (Å²) in [7, 11) is 0. The number of aromatic carboxylic acids is 1. The van der Waals surface area contributed by atoms with Crippen LogP contribution in [0.4, 0.5) is 0 Å². The second-order valence-corrected chi connectivity index (χ2v) is 6.27. The van der Waals surface area contributed by atoms with E-state index in [4.69, 9.17) is 9.47 Å². The molecule has 0 aromatic heterocycles. The van der Waals surface area contributed by atoms with E-state index < -0.39 is 5.97 Å². The van der Waals surface area contributed by atoms with E-state index in [2.05, 4.69) is 25.7 Å². The largest absolute Gasteiger partial charge is 0.493 e. The van der Waals surface area contributed by atoms with Gasteiger partial charge in [-0.05, 0) is 39.8 Å². The van der Waals surface area contributed by atoms with Crippen LogP contribution in [0, 0.1) is 0 Å². The molecule has 0 saturated heterocycles. The van der Waals surface area contributed by atoms with Gasteiger partial charge in [-0.15, -0.1) is 0 Å². The summed E-state index contributed by atoms with van der Waals surface area (Å²) >= 11 is 0. The quantitative estimate of drug-likeness (QED) is 0.748. The highest BCUT2D eigenvalue weighted by atomic mass is 16.5. The normalized spacial score (nSPS) is 15.9. The zero-order valence-corrected chi connectivity index (χ0v) is 15.2. The third kappa shape index (κ3) is 4.08. The summed E-state index contributed by atoms with van der Waals surface area (Å²) in [6.45, 7) is 11.6. The van der Waals surface area contributed by atoms with Crippen LogP contribution >= 0.6 is 0 Å². The number of hydrogen-bond acceptors (Lipinski definition) is 4. The molecule has 0 bridgehead atoms. The summed E-state index contributed by atoms with van der Waals surface area (Å²) < 4.78 is 11.4. The van der Waals surface area contributed by atoms with Crippen molar-refractivity contribution in [1.29, 1.82) is 0 Å². The van der Waals surface area contributed by atoms with Crippen molar-refractivity contribution in [2.75, 3.05) is 26.3 Å². The molecule has 0 aliphatic carbocycles. The van der Waals surface area contributed by atoms with E-state index in [0.717, 1.165) is 43.0 Å². The minimum absolute atomic E-state index is 0.179. The third-order valence-corrected chi connectivity index (χ3v) is 4.80. The Hall–Kier alpha value is -1.59. The first-order valence-electron chi connectivity index (χ1n) is 8.87. The fourth-order valence-corrected chi connectivity index (χ4v) is 3.39. The second-order valence-electron chi connectivity index (χ2n) is 6.27. The molecule has 0 fully saturated rings. The molecule has 0 saturated carbocycles. The van der Waals surface area contributed by atoms with Crippen LogP contribution in [-0.2, 0) is 11.2 Å². The number of nitrogens with zero attached hydrogens (tertiary/aromatic N) is 1. The van der Waals surface area contributed by atoms with Gasteiger partial charge in [-0.2, -0.15) is 0 Å². The molecule has 2 atom stereocenters. The standard InChI is InChI=1S/C19H29NO4/c1-5-20(11-9-13(3)23-6-2)14(4)15-7-8-17(19(21)22)16-10-12-24-18(15)16/h7-8,13-14H,5-6,9-12H2,1-4H3,(H,21,22)/t13-,14+/m1/s1. The highest BCUT2D eigenvalue weighted by Crippen LogP contribution is 2.38. The Balaban J connectivity index is 2.17. The molecule has 2 rings (SSSR count). The van der Waals surface area contributed by atoms with Crippen LogP contribution in [0.1, 0.15) is 61.6 Å². The zero-order chi connectivity index (χ0) is 17.7. The highest BCUT2D eigenvalue weighted by molar-refractivity contribution is 5.90. The molecule has 5 heteroatoms. The lowest BCUT2D eigenvalue weighted by Gasteiger charge is -2.30. The number of hydrogen-bond donors (Lipinski definition) is 1. The summed E-state index contributed by atoms with van der Waals surface area (Å²) in [5.41, 5.74) is 2.29. The molecule has 0 amide bonds. The van der Waals surface area contributed by atoms with E-state index in [-0.39, 0.29) is 12.1 Å². The minimum Gasteiger partial charge on any atom is -0.493 e. The monoisotopic (exact) mass is 335 g/mol. The van der Waals surface area contributed by atoms with Crippen LogP contribution in [-0.4, -0.2) is 48.4 Å². The van der Waals surface area contributed by atoms with Crippen LogP contribution in [0.15, 0.2) is 12.1 Å². The first-order valence-corrected chi connectivity index (χ1v) is 8.87. The SMILES string of the molecule is CCO[C@H](C)CCN(CC)[C@@H](C)c1ccc(C(=O)O)c2c1OCC2. The van der Waals surface area contributed by atoms with Crippen molar-refractivity contribution >= 4 is 5.97 Å². The Bertz CT molecular complexity index is 573. The first kappa shape index (κ1) is 18.7. The van der Waals surface area contributed by atoms with Crippen LogP contribution in [0.2, 0.25) is 0 Å². The van der Waals surface area contributed by atoms with Crippen LogP contribution in [0.3, 0.4) is 0 Å². The first-order chi connectivity index (χ1) is 11.5. The maximum Gasteiger partial charge on any atom is 0.336 e. The number of carboxylic acid groups (broad SMARTS) is 1. The van der Waals surface area contributed by atoms with Gasteiger partial charge in [0.25, 0.3) is 0 Å². The molecule has 1 aliphatic heterocycles. The molecular formula is C19H29NO4. The fourth-order valence-electron chi connectivity index (χ4n) is 3.39. The number of ether oxygens (including phenoxy) is 2. The van der Waals surface area contributed by atoms with Gasteiger partial charge in [0.1, 0.15) is 5.75 Å². The van der Waals surface area contributed by atoms with E-state index in [1.807, 2.05) is 13.0 Å². The number of benzene rings is 1. The predicted molar refractivity (Wildman–Crippen MR) is 94.0 cm³/mol. The van der Waals surface area contributed by atoms with Gasteiger partial charge >= 0.3 is 5.97 Å². The van der Waals surface area contributed by atoms with Crippen molar-refractivity contribution in [2.45, 2.75) is 52.7 Å². The summed E-state index contributed by atoms with van der Waals surface area (Å²) in [6, 6.07) is 3.81. The number of carbonyl (C=O) groups is 1. The van der Waals surface area contributed by atoms with Crippen molar-refractivity contribution in [2.24, 2.45) is 0 Å². The molecule has 0 unspecified atom stereocenters. The van der Waals surface area contributed by atoms with E-state index in [1.165, 1.54) is 0 Å². The number of fused-ring (bicyclic) bond motifs is 1. The topological polar surface area (TPSA) is 59.0 Å². The molecule has 0 radical (unpaired) electrons. The Morgan fingerprint density at radius 3 is 2.75 bits per heavy atom. The van der Waals surface area contributed by atoms with Gasteiger partial charge in [-0.25, -0.2) is 4.79 Å². The number of rotatable bonds is 9. The molecule has 1 heterocycles. The highest BCUT2D eigenvalue weighted by Gasteiger charge is 2.27. The van der Waals surface area contributed by atoms with Crippen LogP contribution in [0.5, 0.6) is 5.75 Å². The third-order valence-electron chi connectivity index (χ3n) is 4.80. The minimum atomic E-state index is -0.881. The fraction of sp³-hybridized carbons (Fsp3) is 0.632. The molecule has 134 valence electrons. The van der Waals surface area contributed by atoms with E-state index in [0.29, 0.717) is 18.6 Å². The van der Waals surface area contributed by atoms with Crippen LogP contribution < -0.4 is 4.74 Å². The lowest BCUT2D eigenvalue weighted by atomic mass is 9.97. The molecule has 1 aliphatic rings. The molecule has 1 aromatic carbocycles. The van der Waals surface area contributed by atoms with Crippen molar-refractivity contribution in [3.05, 3.63) is 28.8 Å². The Kier molecular flexibility index (Phi) is 6.63. The maximum absolute atomic E-state index is 11.4. The van der Waals surface area contributed by atoms with Crippen molar-refractivity contribution in [1.82, 2.24) is 4.90 Å². The van der Waals surface area contributed by atoms with Crippen molar-refractivity contribution in [3.63, 3.8) is 0 Å². The van der Waals surface area contributed by atoms with Gasteiger partial charge < -0.3 is 14.6 Å². The molecule has 1 N–H and O–H groups in total. The van der Waals surface area contributed by atoms with E-state index in [9.17, 15) is 9.90 Å². The average molecular weight is 335 g/mol.